The summed E-state index contributed by atoms with van der Waals surface area (Å²) in [5, 5.41) is 12.8. The van der Waals surface area contributed by atoms with Crippen LogP contribution in [0.1, 0.15) is 36.1 Å². The van der Waals surface area contributed by atoms with E-state index in [-0.39, 0.29) is 11.3 Å². The molecule has 0 amide bonds. The average Bonchev–Trinajstić information content (AvgIpc) is 2.73. The molecule has 7 nitrogen and oxygen atoms in total. The predicted molar refractivity (Wildman–Crippen MR) is 132 cm³/mol. The van der Waals surface area contributed by atoms with Gasteiger partial charge in [0, 0.05) is 54.1 Å². The molecule has 1 atom stereocenters. The summed E-state index contributed by atoms with van der Waals surface area (Å²) in [7, 11) is 0. The van der Waals surface area contributed by atoms with Gasteiger partial charge >= 0.3 is 0 Å². The third-order valence-corrected chi connectivity index (χ3v) is 7.01. The molecule has 4 heterocycles. The topological polar surface area (TPSA) is 100 Å². The van der Waals surface area contributed by atoms with E-state index < -0.39 is 11.9 Å². The van der Waals surface area contributed by atoms with Gasteiger partial charge in [0.2, 0.25) is 0 Å². The van der Waals surface area contributed by atoms with Gasteiger partial charge in [-0.2, -0.15) is 0 Å². The lowest BCUT2D eigenvalue weighted by atomic mass is 9.80. The van der Waals surface area contributed by atoms with Crippen LogP contribution in [0.3, 0.4) is 0 Å². The number of hydrogen-bond acceptors (Lipinski definition) is 7. The third kappa shape index (κ3) is 4.06. The standard InChI is InChI=1S/C24H23Cl2FN6O/c1-13(21-17(25)9-30-10-18(21)26)34-15-2-3-20(28)16(7-15)22(29)14-6-19(27)23(31-8-14)33-11-24(12-33)4-5-32-24/h2-3,6-10,13,29,32H,4-5,11-12,28H2,1H3/t13-/m1/s1. The summed E-state index contributed by atoms with van der Waals surface area (Å²) >= 11 is 12.5. The number of nitrogen functional groups attached to an aromatic ring is 1. The van der Waals surface area contributed by atoms with Crippen LogP contribution >= 0.6 is 23.2 Å². The van der Waals surface area contributed by atoms with Crippen molar-refractivity contribution in [2.75, 3.05) is 30.3 Å². The van der Waals surface area contributed by atoms with Gasteiger partial charge in [-0.3, -0.25) is 10.4 Å². The fraction of sp³-hybridized carbons (Fsp3) is 0.292. The van der Waals surface area contributed by atoms with Crippen molar-refractivity contribution in [3.05, 3.63) is 75.4 Å². The smallest absolute Gasteiger partial charge is 0.166 e. The Balaban J connectivity index is 1.35. The second kappa shape index (κ2) is 8.69. The second-order valence-electron chi connectivity index (χ2n) is 8.74. The highest BCUT2D eigenvalue weighted by Gasteiger charge is 2.48. The van der Waals surface area contributed by atoms with Crippen molar-refractivity contribution >= 4 is 40.4 Å². The molecule has 2 fully saturated rings. The van der Waals surface area contributed by atoms with Crippen molar-refractivity contribution < 1.29 is 9.13 Å². The number of pyridine rings is 2. The van der Waals surface area contributed by atoms with Crippen LogP contribution in [0.15, 0.2) is 42.9 Å². The van der Waals surface area contributed by atoms with E-state index in [1.54, 1.807) is 18.2 Å². The second-order valence-corrected chi connectivity index (χ2v) is 9.56. The van der Waals surface area contributed by atoms with E-state index >= 15 is 0 Å². The van der Waals surface area contributed by atoms with Crippen LogP contribution in [0.2, 0.25) is 10.0 Å². The van der Waals surface area contributed by atoms with Gasteiger partial charge in [0.1, 0.15) is 11.9 Å². The highest BCUT2D eigenvalue weighted by atomic mass is 35.5. The Morgan fingerprint density at radius 1 is 1.24 bits per heavy atom. The number of nitrogens with one attached hydrogen (secondary N) is 2. The van der Waals surface area contributed by atoms with E-state index in [0.29, 0.717) is 44.0 Å². The van der Waals surface area contributed by atoms with E-state index in [2.05, 4.69) is 15.3 Å². The van der Waals surface area contributed by atoms with E-state index in [4.69, 9.17) is 39.1 Å². The molecule has 3 aromatic rings. The van der Waals surface area contributed by atoms with Crippen LogP contribution in [0, 0.1) is 11.2 Å². The molecule has 0 aliphatic carbocycles. The van der Waals surface area contributed by atoms with Gasteiger partial charge in [0.05, 0.1) is 21.3 Å². The van der Waals surface area contributed by atoms with E-state index in [9.17, 15) is 4.39 Å². The number of rotatable bonds is 6. The minimum atomic E-state index is -0.475. The molecule has 0 radical (unpaired) electrons. The normalized spacial score (nSPS) is 17.1. The molecule has 5 rings (SSSR count). The van der Waals surface area contributed by atoms with Gasteiger partial charge in [0.25, 0.3) is 0 Å². The van der Waals surface area contributed by atoms with Crippen LogP contribution in [0.25, 0.3) is 0 Å². The zero-order valence-electron chi connectivity index (χ0n) is 18.4. The number of ether oxygens (including phenoxy) is 1. The molecule has 1 aromatic carbocycles. The van der Waals surface area contributed by atoms with E-state index in [1.165, 1.54) is 24.7 Å². The molecule has 2 aliphatic rings. The van der Waals surface area contributed by atoms with Gasteiger partial charge < -0.3 is 20.7 Å². The molecule has 2 aliphatic heterocycles. The van der Waals surface area contributed by atoms with Gasteiger partial charge in [-0.05, 0) is 44.2 Å². The van der Waals surface area contributed by atoms with Crippen molar-refractivity contribution in [1.82, 2.24) is 15.3 Å². The first kappa shape index (κ1) is 22.8. The summed E-state index contributed by atoms with van der Waals surface area (Å²) in [4.78, 5) is 10.2. The summed E-state index contributed by atoms with van der Waals surface area (Å²) in [5.74, 6) is 0.313. The summed E-state index contributed by atoms with van der Waals surface area (Å²) in [6.45, 7) is 4.30. The highest BCUT2D eigenvalue weighted by Crippen LogP contribution is 2.35. The van der Waals surface area contributed by atoms with Crippen LogP contribution in [0.5, 0.6) is 5.75 Å². The summed E-state index contributed by atoms with van der Waals surface area (Å²) in [6.07, 6.45) is 5.13. The van der Waals surface area contributed by atoms with E-state index in [0.717, 1.165) is 26.1 Å². The molecule has 0 bridgehead atoms. The Bertz CT molecular complexity index is 1250. The highest BCUT2D eigenvalue weighted by molar-refractivity contribution is 6.35. The quantitative estimate of drug-likeness (QED) is 0.337. The molecule has 176 valence electrons. The number of hydrogen-bond donors (Lipinski definition) is 3. The maximum Gasteiger partial charge on any atom is 0.166 e. The molecule has 2 saturated heterocycles. The number of halogens is 3. The van der Waals surface area contributed by atoms with E-state index in [1.807, 2.05) is 11.8 Å². The minimum Gasteiger partial charge on any atom is -0.486 e. The molecule has 0 unspecified atom stereocenters. The largest absolute Gasteiger partial charge is 0.486 e. The SMILES string of the molecule is C[C@@H](Oc1ccc(N)c(C(=N)c2cnc(N3CC4(CCN4)C3)c(F)c2)c1)c1c(Cl)cncc1Cl. The average molecular weight is 501 g/mol. The van der Waals surface area contributed by atoms with Crippen LogP contribution in [-0.4, -0.2) is 40.9 Å². The van der Waals surface area contributed by atoms with Gasteiger partial charge in [-0.15, -0.1) is 0 Å². The number of aromatic nitrogens is 2. The zero-order chi connectivity index (χ0) is 24.0. The molecule has 10 heteroatoms. The fourth-order valence-corrected chi connectivity index (χ4v) is 5.11. The van der Waals surface area contributed by atoms with Crippen molar-refractivity contribution in [2.24, 2.45) is 0 Å². The molecule has 2 aromatic heterocycles. The first-order valence-electron chi connectivity index (χ1n) is 10.9. The maximum atomic E-state index is 14.9. The lowest BCUT2D eigenvalue weighted by molar-refractivity contribution is 0.158. The molecule has 4 N–H and O–H groups in total. The van der Waals surface area contributed by atoms with Crippen molar-refractivity contribution in [2.45, 2.75) is 25.0 Å². The fourth-order valence-electron chi connectivity index (χ4n) is 4.44. The first-order chi connectivity index (χ1) is 16.3. The Morgan fingerprint density at radius 2 is 1.94 bits per heavy atom. The third-order valence-electron chi connectivity index (χ3n) is 6.40. The monoisotopic (exact) mass is 500 g/mol. The van der Waals surface area contributed by atoms with Crippen LogP contribution in [-0.2, 0) is 0 Å². The predicted octanol–water partition coefficient (Wildman–Crippen LogP) is 4.61. The molecular weight excluding hydrogens is 478 g/mol. The number of nitrogens with zero attached hydrogens (tertiary/aromatic N) is 3. The number of benzene rings is 1. The van der Waals surface area contributed by atoms with Crippen molar-refractivity contribution in [3.8, 4) is 5.75 Å². The number of anilines is 2. The van der Waals surface area contributed by atoms with Gasteiger partial charge in [0.15, 0.2) is 11.6 Å². The van der Waals surface area contributed by atoms with Crippen LogP contribution < -0.4 is 20.7 Å². The summed E-state index contributed by atoms with van der Waals surface area (Å²) < 4.78 is 20.9. The molecule has 0 saturated carbocycles. The Hall–Kier alpha value is -2.94. The van der Waals surface area contributed by atoms with Crippen LogP contribution in [0.4, 0.5) is 15.9 Å². The number of nitrogens with two attached hydrogens (primary N) is 1. The maximum absolute atomic E-state index is 14.9. The lowest BCUT2D eigenvalue weighted by Gasteiger charge is -2.56. The minimum absolute atomic E-state index is 0.0502. The van der Waals surface area contributed by atoms with Gasteiger partial charge in [-0.1, -0.05) is 23.2 Å². The summed E-state index contributed by atoms with van der Waals surface area (Å²) in [6, 6.07) is 6.31. The molecular formula is C24H23Cl2FN6O. The van der Waals surface area contributed by atoms with Gasteiger partial charge in [-0.25, -0.2) is 9.37 Å². The lowest BCUT2D eigenvalue weighted by Crippen LogP contribution is -2.76. The van der Waals surface area contributed by atoms with Crippen molar-refractivity contribution in [3.63, 3.8) is 0 Å². The zero-order valence-corrected chi connectivity index (χ0v) is 19.9. The Labute approximate surface area is 206 Å². The Morgan fingerprint density at radius 3 is 2.56 bits per heavy atom. The first-order valence-corrected chi connectivity index (χ1v) is 11.6. The molecule has 1 spiro atoms. The van der Waals surface area contributed by atoms with Crippen molar-refractivity contribution in [1.29, 1.82) is 5.41 Å². The molecule has 34 heavy (non-hydrogen) atoms. The summed E-state index contributed by atoms with van der Waals surface area (Å²) in [5.41, 5.74) is 8.03. The Kier molecular flexibility index (Phi) is 5.83.